The van der Waals surface area contributed by atoms with E-state index in [1.165, 1.54) is 6.21 Å². The first kappa shape index (κ1) is 19.5. The number of fused-ring (bicyclic) bond motifs is 1. The molecule has 144 valence electrons. The fraction of sp³-hybridized carbons (Fsp3) is 0.476. The van der Waals surface area contributed by atoms with E-state index in [4.69, 9.17) is 11.1 Å². The lowest BCUT2D eigenvalue weighted by atomic mass is 9.95. The number of rotatable bonds is 6. The molecule has 1 aromatic heterocycles. The molecule has 0 saturated carbocycles. The van der Waals surface area contributed by atoms with Crippen LogP contribution in [0.3, 0.4) is 0 Å². The molecule has 1 aromatic carbocycles. The van der Waals surface area contributed by atoms with Crippen molar-refractivity contribution in [1.29, 1.82) is 5.41 Å². The van der Waals surface area contributed by atoms with Gasteiger partial charge in [0.05, 0.1) is 0 Å². The van der Waals surface area contributed by atoms with E-state index >= 15 is 0 Å². The quantitative estimate of drug-likeness (QED) is 0.684. The number of piperidine rings is 1. The lowest BCUT2D eigenvalue weighted by Gasteiger charge is -2.33. The van der Waals surface area contributed by atoms with Crippen molar-refractivity contribution in [3.8, 4) is 0 Å². The first-order chi connectivity index (χ1) is 13.0. The summed E-state index contributed by atoms with van der Waals surface area (Å²) < 4.78 is 0. The maximum absolute atomic E-state index is 12.6. The van der Waals surface area contributed by atoms with Crippen LogP contribution in [0.2, 0.25) is 0 Å². The zero-order chi connectivity index (χ0) is 19.4. The van der Waals surface area contributed by atoms with Crippen LogP contribution >= 0.6 is 0 Å². The Labute approximate surface area is 160 Å². The Morgan fingerprint density at radius 2 is 2.07 bits per heavy atom. The number of nitrogens with zero attached hydrogens (tertiary/aromatic N) is 2. The van der Waals surface area contributed by atoms with Crippen LogP contribution in [0.4, 0.5) is 5.82 Å². The normalized spacial score (nSPS) is 17.2. The van der Waals surface area contributed by atoms with Gasteiger partial charge in [-0.05, 0) is 56.8 Å². The summed E-state index contributed by atoms with van der Waals surface area (Å²) in [6.07, 6.45) is 4.92. The van der Waals surface area contributed by atoms with Gasteiger partial charge in [-0.1, -0.05) is 18.2 Å². The number of amides is 1. The number of carbonyl (C=O) groups excluding carboxylic acids is 1. The van der Waals surface area contributed by atoms with Crippen molar-refractivity contribution in [2.45, 2.75) is 38.6 Å². The summed E-state index contributed by atoms with van der Waals surface area (Å²) >= 11 is 0. The molecule has 1 aliphatic heterocycles. The number of benzene rings is 1. The largest absolute Gasteiger partial charge is 0.329 e. The van der Waals surface area contributed by atoms with Gasteiger partial charge in [-0.15, -0.1) is 0 Å². The third-order valence-electron chi connectivity index (χ3n) is 5.51. The van der Waals surface area contributed by atoms with E-state index in [0.717, 1.165) is 42.3 Å². The predicted octanol–water partition coefficient (Wildman–Crippen LogP) is 2.99. The van der Waals surface area contributed by atoms with Gasteiger partial charge in [-0.3, -0.25) is 4.79 Å². The van der Waals surface area contributed by atoms with Gasteiger partial charge < -0.3 is 21.4 Å². The highest BCUT2D eigenvalue weighted by Gasteiger charge is 2.26. The molecule has 0 aliphatic carbocycles. The molecule has 6 nitrogen and oxygen atoms in total. The molecule has 1 atom stereocenters. The van der Waals surface area contributed by atoms with Gasteiger partial charge in [0.1, 0.15) is 5.82 Å². The average Bonchev–Trinajstić information content (AvgIpc) is 2.68. The van der Waals surface area contributed by atoms with Crippen molar-refractivity contribution in [3.05, 3.63) is 36.0 Å². The van der Waals surface area contributed by atoms with Crippen LogP contribution in [-0.4, -0.2) is 47.7 Å². The third-order valence-corrected chi connectivity index (χ3v) is 5.51. The Balaban J connectivity index is 1.71. The molecule has 6 heteroatoms. The number of carbonyl (C=O) groups is 1. The minimum Gasteiger partial charge on any atom is -0.329 e. The molecule has 1 saturated heterocycles. The van der Waals surface area contributed by atoms with Gasteiger partial charge in [-0.2, -0.15) is 0 Å². The van der Waals surface area contributed by atoms with Crippen molar-refractivity contribution in [3.63, 3.8) is 0 Å². The number of nitrogens with two attached hydrogens (primary N) is 1. The van der Waals surface area contributed by atoms with E-state index in [2.05, 4.69) is 29.0 Å². The van der Waals surface area contributed by atoms with Crippen molar-refractivity contribution in [1.82, 2.24) is 9.88 Å². The van der Waals surface area contributed by atoms with E-state index in [-0.39, 0.29) is 17.7 Å². The average molecular weight is 367 g/mol. The van der Waals surface area contributed by atoms with Gasteiger partial charge in [-0.25, -0.2) is 4.98 Å². The molecule has 1 amide bonds. The first-order valence-electron chi connectivity index (χ1n) is 9.67. The number of hydrogen-bond donors (Lipinski definition) is 3. The van der Waals surface area contributed by atoms with Crippen LogP contribution in [0, 0.1) is 11.3 Å². The minimum absolute atomic E-state index is 0.0448. The maximum Gasteiger partial charge on any atom is 0.228 e. The Morgan fingerprint density at radius 1 is 1.33 bits per heavy atom. The molecule has 3 rings (SSSR count). The summed E-state index contributed by atoms with van der Waals surface area (Å²) in [6, 6.07) is 8.42. The smallest absolute Gasteiger partial charge is 0.228 e. The Morgan fingerprint density at radius 3 is 2.70 bits per heavy atom. The first-order valence-corrected chi connectivity index (χ1v) is 9.67. The van der Waals surface area contributed by atoms with E-state index in [9.17, 15) is 4.79 Å². The fourth-order valence-electron chi connectivity index (χ4n) is 3.67. The second kappa shape index (κ2) is 8.59. The maximum atomic E-state index is 12.6. The van der Waals surface area contributed by atoms with E-state index < -0.39 is 0 Å². The van der Waals surface area contributed by atoms with Crippen LogP contribution in [-0.2, 0) is 4.79 Å². The second-order valence-corrected chi connectivity index (χ2v) is 7.58. The highest BCUT2D eigenvalue weighted by atomic mass is 16.1. The summed E-state index contributed by atoms with van der Waals surface area (Å²) in [5.41, 5.74) is 6.75. The molecule has 1 fully saturated rings. The number of likely N-dealkylation sites (tertiary alicyclic amines) is 1. The minimum atomic E-state index is -0.0910. The SMILES string of the molecule is CC(C)N1CCC(C(=O)Nc2cc3cc(C(C=N)CN)ccc3cn2)CC1. The second-order valence-electron chi connectivity index (χ2n) is 7.58. The molecule has 0 radical (unpaired) electrons. The number of pyridine rings is 1. The molecule has 2 heterocycles. The standard InChI is InChI=1S/C21H29N5O/c1-14(2)26-7-5-15(6-8-26)21(27)25-20-10-18-9-16(19(11-22)12-23)3-4-17(18)13-24-20/h3-4,9-11,13-15,19,22H,5-8,12,23H2,1-2H3,(H,24,25,27). The zero-order valence-electron chi connectivity index (χ0n) is 16.1. The molecule has 0 spiro atoms. The van der Waals surface area contributed by atoms with Crippen molar-refractivity contribution in [2.75, 3.05) is 25.0 Å². The molecule has 0 bridgehead atoms. The summed E-state index contributed by atoms with van der Waals surface area (Å²) in [6.45, 7) is 6.73. The van der Waals surface area contributed by atoms with Gasteiger partial charge in [0.25, 0.3) is 0 Å². The summed E-state index contributed by atoms with van der Waals surface area (Å²) in [4.78, 5) is 19.4. The summed E-state index contributed by atoms with van der Waals surface area (Å²) in [5, 5.41) is 12.5. The monoisotopic (exact) mass is 367 g/mol. The van der Waals surface area contributed by atoms with Crippen molar-refractivity contribution in [2.24, 2.45) is 11.7 Å². The van der Waals surface area contributed by atoms with Crippen LogP contribution in [0.15, 0.2) is 30.5 Å². The topological polar surface area (TPSA) is 95.1 Å². The Kier molecular flexibility index (Phi) is 6.19. The third kappa shape index (κ3) is 4.51. The van der Waals surface area contributed by atoms with Crippen molar-refractivity contribution < 1.29 is 4.79 Å². The summed E-state index contributed by atoms with van der Waals surface area (Å²) in [5.74, 6) is 0.589. The summed E-state index contributed by atoms with van der Waals surface area (Å²) in [7, 11) is 0. The van der Waals surface area contributed by atoms with Crippen LogP contribution in [0.1, 0.15) is 38.2 Å². The number of hydrogen-bond acceptors (Lipinski definition) is 5. The van der Waals surface area contributed by atoms with Gasteiger partial charge in [0.2, 0.25) is 5.91 Å². The van der Waals surface area contributed by atoms with Gasteiger partial charge >= 0.3 is 0 Å². The number of aromatic nitrogens is 1. The van der Waals surface area contributed by atoms with Crippen molar-refractivity contribution >= 4 is 28.7 Å². The Hall–Kier alpha value is -2.31. The lowest BCUT2D eigenvalue weighted by Crippen LogP contribution is -2.41. The molecule has 1 aliphatic rings. The predicted molar refractivity (Wildman–Crippen MR) is 110 cm³/mol. The van der Waals surface area contributed by atoms with Gasteiger partial charge in [0.15, 0.2) is 0 Å². The highest BCUT2D eigenvalue weighted by molar-refractivity contribution is 5.94. The van der Waals surface area contributed by atoms with Crippen LogP contribution < -0.4 is 11.1 Å². The number of nitrogens with one attached hydrogen (secondary N) is 2. The Bertz CT molecular complexity index is 811. The van der Waals surface area contributed by atoms with E-state index in [1.807, 2.05) is 24.3 Å². The molecular weight excluding hydrogens is 338 g/mol. The lowest BCUT2D eigenvalue weighted by molar-refractivity contribution is -0.121. The molecule has 4 N–H and O–H groups in total. The fourth-order valence-corrected chi connectivity index (χ4v) is 3.67. The molecule has 27 heavy (non-hydrogen) atoms. The molecule has 2 aromatic rings. The van der Waals surface area contributed by atoms with Crippen LogP contribution in [0.25, 0.3) is 10.8 Å². The van der Waals surface area contributed by atoms with E-state index in [0.29, 0.717) is 18.4 Å². The van der Waals surface area contributed by atoms with E-state index in [1.54, 1.807) is 6.20 Å². The number of anilines is 1. The highest BCUT2D eigenvalue weighted by Crippen LogP contribution is 2.24. The zero-order valence-corrected chi connectivity index (χ0v) is 16.1. The molecular formula is C21H29N5O. The molecule has 1 unspecified atom stereocenters. The van der Waals surface area contributed by atoms with Crippen LogP contribution in [0.5, 0.6) is 0 Å². The van der Waals surface area contributed by atoms with Gasteiger partial charge in [0, 0.05) is 42.2 Å².